The zero-order valence-electron chi connectivity index (χ0n) is 19.3. The highest BCUT2D eigenvalue weighted by Crippen LogP contribution is 2.34. The second kappa shape index (κ2) is 11.4. The molecule has 1 saturated heterocycles. The van der Waals surface area contributed by atoms with E-state index in [1.54, 1.807) is 18.3 Å². The number of hydrogen-bond donors (Lipinski definition) is 1. The van der Waals surface area contributed by atoms with Crippen molar-refractivity contribution < 1.29 is 18.7 Å². The van der Waals surface area contributed by atoms with E-state index in [0.717, 1.165) is 30.2 Å². The molecule has 1 fully saturated rings. The third kappa shape index (κ3) is 5.53. The maximum atomic E-state index is 12.2. The zero-order valence-corrected chi connectivity index (χ0v) is 20.1. The quantitative estimate of drug-likeness (QED) is 0.218. The second-order valence-electron chi connectivity index (χ2n) is 8.21. The molecule has 1 aromatic carbocycles. The molecule has 0 amide bonds. The highest BCUT2D eigenvalue weighted by Gasteiger charge is 2.23. The number of morpholine rings is 1. The first-order valence-electron chi connectivity index (χ1n) is 11.6. The zero-order chi connectivity index (χ0) is 23.3. The Morgan fingerprint density at radius 3 is 2.77 bits per heavy atom. The Kier molecular flexibility index (Phi) is 8.12. The Morgan fingerprint density at radius 2 is 1.94 bits per heavy atom. The number of carbonyl (C=O) groups excluding carboxylic acids is 1. The van der Waals surface area contributed by atoms with Crippen molar-refractivity contribution in [2.45, 2.75) is 25.7 Å². The summed E-state index contributed by atoms with van der Waals surface area (Å²) in [5, 5.41) is 0.829. The van der Waals surface area contributed by atoms with Gasteiger partial charge in [0, 0.05) is 31.3 Å². The van der Waals surface area contributed by atoms with Crippen LogP contribution in [-0.2, 0) is 9.53 Å². The molecule has 0 radical (unpaired) electrons. The summed E-state index contributed by atoms with van der Waals surface area (Å²) in [4.78, 5) is 28.4. The van der Waals surface area contributed by atoms with Crippen molar-refractivity contribution in [2.75, 3.05) is 37.7 Å². The standard InChI is InChI=1S/C25H27N5O4.ClH/c26-10-3-1-2-9-20(31)33-18-7-4-6-17(16-18)23-28-21-19-8-5-11-27-25(19)34-22(21)24(29-23)30-12-14-32-15-13-30;/h4-8,11,16H,1-3,9-10,12-15,26H2;1H. The van der Waals surface area contributed by atoms with Gasteiger partial charge in [-0.05, 0) is 43.7 Å². The Balaban J connectivity index is 0.00000289. The summed E-state index contributed by atoms with van der Waals surface area (Å²) in [5.74, 6) is 1.45. The number of unbranched alkanes of at least 4 members (excludes halogenated alkanes) is 2. The summed E-state index contributed by atoms with van der Waals surface area (Å²) < 4.78 is 17.1. The fourth-order valence-corrected chi connectivity index (χ4v) is 4.05. The van der Waals surface area contributed by atoms with Crippen molar-refractivity contribution in [2.24, 2.45) is 5.73 Å². The van der Waals surface area contributed by atoms with Crippen LogP contribution in [0.5, 0.6) is 5.75 Å². The van der Waals surface area contributed by atoms with Crippen LogP contribution in [-0.4, -0.2) is 53.8 Å². The molecule has 1 aliphatic heterocycles. The van der Waals surface area contributed by atoms with E-state index < -0.39 is 0 Å². The summed E-state index contributed by atoms with van der Waals surface area (Å²) in [6, 6.07) is 11.1. The molecule has 5 rings (SSSR count). The number of halogens is 1. The van der Waals surface area contributed by atoms with E-state index in [9.17, 15) is 4.79 Å². The van der Waals surface area contributed by atoms with Crippen LogP contribution >= 0.6 is 12.4 Å². The summed E-state index contributed by atoms with van der Waals surface area (Å²) in [5.41, 5.74) is 8.10. The van der Waals surface area contributed by atoms with Crippen LogP contribution in [0.15, 0.2) is 47.0 Å². The number of esters is 1. The first-order chi connectivity index (χ1) is 16.7. The van der Waals surface area contributed by atoms with Crippen molar-refractivity contribution in [1.82, 2.24) is 15.0 Å². The van der Waals surface area contributed by atoms with Crippen molar-refractivity contribution >= 4 is 46.4 Å². The lowest BCUT2D eigenvalue weighted by molar-refractivity contribution is -0.134. The molecule has 0 bridgehead atoms. The molecular formula is C25H28ClN5O4. The van der Waals surface area contributed by atoms with E-state index in [2.05, 4.69) is 9.88 Å². The minimum atomic E-state index is -0.258. The van der Waals surface area contributed by atoms with Gasteiger partial charge >= 0.3 is 5.97 Å². The number of carbonyl (C=O) groups is 1. The number of pyridine rings is 1. The Morgan fingerprint density at radius 1 is 1.09 bits per heavy atom. The monoisotopic (exact) mass is 497 g/mol. The number of fused-ring (bicyclic) bond motifs is 3. The fourth-order valence-electron chi connectivity index (χ4n) is 4.05. The molecule has 4 aromatic rings. The molecule has 2 N–H and O–H groups in total. The normalized spacial score (nSPS) is 13.7. The number of nitrogens with zero attached hydrogens (tertiary/aromatic N) is 4. The van der Waals surface area contributed by atoms with Crippen LogP contribution in [0.2, 0.25) is 0 Å². The van der Waals surface area contributed by atoms with Gasteiger partial charge in [0.2, 0.25) is 5.71 Å². The van der Waals surface area contributed by atoms with Gasteiger partial charge in [-0.3, -0.25) is 4.79 Å². The number of nitrogens with two attached hydrogens (primary N) is 1. The van der Waals surface area contributed by atoms with Crippen LogP contribution in [0.1, 0.15) is 25.7 Å². The van der Waals surface area contributed by atoms with Gasteiger partial charge in [-0.25, -0.2) is 15.0 Å². The van der Waals surface area contributed by atoms with Gasteiger partial charge in [-0.1, -0.05) is 18.6 Å². The molecule has 9 nitrogen and oxygen atoms in total. The van der Waals surface area contributed by atoms with Crippen LogP contribution in [0, 0.1) is 0 Å². The van der Waals surface area contributed by atoms with Crippen LogP contribution in [0.3, 0.4) is 0 Å². The lowest BCUT2D eigenvalue weighted by atomic mass is 10.2. The number of aromatic nitrogens is 3. The average Bonchev–Trinajstić information content (AvgIpc) is 3.25. The summed E-state index contributed by atoms with van der Waals surface area (Å²) >= 11 is 0. The predicted octanol–water partition coefficient (Wildman–Crippen LogP) is 4.12. The van der Waals surface area contributed by atoms with E-state index in [-0.39, 0.29) is 18.4 Å². The molecule has 10 heteroatoms. The first kappa shape index (κ1) is 24.8. The highest BCUT2D eigenvalue weighted by atomic mass is 35.5. The van der Waals surface area contributed by atoms with E-state index in [1.807, 2.05) is 24.3 Å². The lowest BCUT2D eigenvalue weighted by Gasteiger charge is -2.27. The van der Waals surface area contributed by atoms with Crippen molar-refractivity contribution in [3.05, 3.63) is 42.6 Å². The van der Waals surface area contributed by atoms with Crippen molar-refractivity contribution in [3.63, 3.8) is 0 Å². The van der Waals surface area contributed by atoms with Gasteiger partial charge < -0.3 is 24.5 Å². The summed E-state index contributed by atoms with van der Waals surface area (Å²) in [6.07, 6.45) is 4.65. The Labute approximate surface area is 209 Å². The van der Waals surface area contributed by atoms with Crippen LogP contribution < -0.4 is 15.4 Å². The number of benzene rings is 1. The van der Waals surface area contributed by atoms with E-state index in [4.69, 9.17) is 29.6 Å². The average molecular weight is 498 g/mol. The Hall–Kier alpha value is -3.27. The molecule has 184 valence electrons. The van der Waals surface area contributed by atoms with Gasteiger partial charge in [0.05, 0.1) is 18.6 Å². The summed E-state index contributed by atoms with van der Waals surface area (Å²) in [6.45, 7) is 3.29. The third-order valence-corrected chi connectivity index (χ3v) is 5.79. The van der Waals surface area contributed by atoms with E-state index in [1.165, 1.54) is 0 Å². The van der Waals surface area contributed by atoms with Gasteiger partial charge in [-0.2, -0.15) is 0 Å². The molecule has 4 heterocycles. The topological polar surface area (TPSA) is 117 Å². The molecule has 0 aliphatic carbocycles. The highest BCUT2D eigenvalue weighted by molar-refractivity contribution is 6.05. The van der Waals surface area contributed by atoms with Gasteiger partial charge in [-0.15, -0.1) is 12.4 Å². The second-order valence-corrected chi connectivity index (χ2v) is 8.21. The maximum absolute atomic E-state index is 12.2. The lowest BCUT2D eigenvalue weighted by Crippen LogP contribution is -2.37. The van der Waals surface area contributed by atoms with Crippen molar-refractivity contribution in [1.29, 1.82) is 0 Å². The van der Waals surface area contributed by atoms with Gasteiger partial charge in [0.15, 0.2) is 17.2 Å². The Bertz CT molecular complexity index is 1310. The molecule has 0 atom stereocenters. The minimum absolute atomic E-state index is 0. The SMILES string of the molecule is Cl.NCCCCCC(=O)Oc1cccc(-c2nc(N3CCOCC3)c3oc4ncccc4c3n2)c1. The van der Waals surface area contributed by atoms with Crippen molar-refractivity contribution in [3.8, 4) is 17.1 Å². The molecule has 35 heavy (non-hydrogen) atoms. The van der Waals surface area contributed by atoms with Crippen LogP contribution in [0.4, 0.5) is 5.82 Å². The summed E-state index contributed by atoms with van der Waals surface area (Å²) in [7, 11) is 0. The minimum Gasteiger partial charge on any atom is -0.432 e. The maximum Gasteiger partial charge on any atom is 0.311 e. The number of hydrogen-bond acceptors (Lipinski definition) is 9. The number of anilines is 1. The number of rotatable bonds is 8. The van der Waals surface area contributed by atoms with E-state index >= 15 is 0 Å². The van der Waals surface area contributed by atoms with E-state index in [0.29, 0.717) is 73.5 Å². The molecular weight excluding hydrogens is 470 g/mol. The molecule has 0 unspecified atom stereocenters. The van der Waals surface area contributed by atoms with Crippen LogP contribution in [0.25, 0.3) is 33.6 Å². The number of furan rings is 1. The molecule has 1 aliphatic rings. The van der Waals surface area contributed by atoms with Gasteiger partial charge in [0.1, 0.15) is 11.3 Å². The largest absolute Gasteiger partial charge is 0.432 e. The third-order valence-electron chi connectivity index (χ3n) is 5.79. The first-order valence-corrected chi connectivity index (χ1v) is 11.6. The molecule has 0 spiro atoms. The predicted molar refractivity (Wildman–Crippen MR) is 136 cm³/mol. The molecule has 0 saturated carbocycles. The smallest absolute Gasteiger partial charge is 0.311 e. The molecule has 3 aromatic heterocycles. The van der Waals surface area contributed by atoms with Gasteiger partial charge in [0.25, 0.3) is 0 Å². The fraction of sp³-hybridized carbons (Fsp3) is 0.360. The number of ether oxygens (including phenoxy) is 2.